The number of carboxylic acid groups (broad SMARTS) is 1. The van der Waals surface area contributed by atoms with E-state index in [1.54, 1.807) is 0 Å². The van der Waals surface area contributed by atoms with Crippen LogP contribution in [0, 0.1) is 10.1 Å². The van der Waals surface area contributed by atoms with Crippen molar-refractivity contribution in [3.63, 3.8) is 0 Å². The molecule has 0 bridgehead atoms. The number of hydrogen-bond donors (Lipinski definition) is 2. The molecule has 0 aliphatic rings. The minimum absolute atomic E-state index is 0.0305. The summed E-state index contributed by atoms with van der Waals surface area (Å²) in [7, 11) is 1.31. The molecule has 0 aliphatic carbocycles. The van der Waals surface area contributed by atoms with Gasteiger partial charge in [0.2, 0.25) is 0 Å². The van der Waals surface area contributed by atoms with Gasteiger partial charge in [-0.05, 0) is 19.9 Å². The predicted octanol–water partition coefficient (Wildman–Crippen LogP) is 1.96. The number of rotatable bonds is 5. The van der Waals surface area contributed by atoms with Crippen molar-refractivity contribution >= 4 is 23.3 Å². The van der Waals surface area contributed by atoms with Gasteiger partial charge in [0.15, 0.2) is 0 Å². The minimum Gasteiger partial charge on any atom is -0.494 e. The number of amides is 1. The van der Waals surface area contributed by atoms with Gasteiger partial charge in [-0.3, -0.25) is 14.9 Å². The van der Waals surface area contributed by atoms with Crippen LogP contribution in [-0.2, 0) is 9.59 Å². The third-order valence-corrected chi connectivity index (χ3v) is 2.87. The number of nitro groups is 1. The van der Waals surface area contributed by atoms with Crippen molar-refractivity contribution in [2.75, 3.05) is 12.4 Å². The van der Waals surface area contributed by atoms with E-state index >= 15 is 0 Å². The van der Waals surface area contributed by atoms with Crippen LogP contribution < -0.4 is 10.1 Å². The van der Waals surface area contributed by atoms with Crippen molar-refractivity contribution in [2.45, 2.75) is 13.8 Å². The lowest BCUT2D eigenvalue weighted by atomic mass is 10.1. The van der Waals surface area contributed by atoms with Gasteiger partial charge in [-0.1, -0.05) is 0 Å². The van der Waals surface area contributed by atoms with Gasteiger partial charge in [-0.25, -0.2) is 4.79 Å². The number of nitrogens with one attached hydrogen (secondary N) is 1. The number of hydrogen-bond acceptors (Lipinski definition) is 5. The molecule has 112 valence electrons. The molecule has 0 fully saturated rings. The summed E-state index contributed by atoms with van der Waals surface area (Å²) in [5.74, 6) is -1.71. The molecule has 0 atom stereocenters. The Morgan fingerprint density at radius 1 is 1.29 bits per heavy atom. The maximum Gasteiger partial charge on any atom is 0.331 e. The van der Waals surface area contributed by atoms with E-state index < -0.39 is 16.8 Å². The molecule has 1 aromatic rings. The van der Waals surface area contributed by atoms with Crippen LogP contribution in [0.3, 0.4) is 0 Å². The lowest BCUT2D eigenvalue weighted by Crippen LogP contribution is -2.16. The first-order chi connectivity index (χ1) is 9.77. The number of aliphatic carboxylic acids is 1. The molecule has 0 radical (unpaired) electrons. The maximum atomic E-state index is 11.9. The number of carbonyl (C=O) groups excluding carboxylic acids is 1. The standard InChI is InChI=1S/C13H14N2O6/c1-7(8(2)13(17)18)12(16)14-10-5-4-9(15(19)20)6-11(10)21-3/h4-6H,1-3H3,(H,14,16)(H,17,18). The molecule has 0 aliphatic heterocycles. The average Bonchev–Trinajstić information content (AvgIpc) is 2.45. The Labute approximate surface area is 120 Å². The zero-order valence-corrected chi connectivity index (χ0v) is 11.7. The number of ether oxygens (including phenoxy) is 1. The number of carboxylic acids is 1. The van der Waals surface area contributed by atoms with Crippen molar-refractivity contribution in [3.8, 4) is 5.75 Å². The topological polar surface area (TPSA) is 119 Å². The van der Waals surface area contributed by atoms with E-state index in [0.29, 0.717) is 0 Å². The second-order valence-corrected chi connectivity index (χ2v) is 4.15. The molecule has 0 saturated heterocycles. The summed E-state index contributed by atoms with van der Waals surface area (Å²) in [6.45, 7) is 2.68. The number of methoxy groups -OCH3 is 1. The molecular formula is C13H14N2O6. The summed E-state index contributed by atoms with van der Waals surface area (Å²) in [6.07, 6.45) is 0. The van der Waals surface area contributed by atoms with Crippen LogP contribution >= 0.6 is 0 Å². The SMILES string of the molecule is COc1cc([N+](=O)[O-])ccc1NC(=O)C(C)=C(C)C(=O)O. The Morgan fingerprint density at radius 2 is 1.90 bits per heavy atom. The zero-order valence-electron chi connectivity index (χ0n) is 11.7. The van der Waals surface area contributed by atoms with Gasteiger partial charge >= 0.3 is 5.97 Å². The predicted molar refractivity (Wildman–Crippen MR) is 74.3 cm³/mol. The molecule has 1 aromatic carbocycles. The van der Waals surface area contributed by atoms with E-state index in [4.69, 9.17) is 9.84 Å². The summed E-state index contributed by atoms with van der Waals surface area (Å²) in [5, 5.41) is 21.9. The Balaban J connectivity index is 3.08. The fourth-order valence-corrected chi connectivity index (χ4v) is 1.44. The third kappa shape index (κ3) is 3.78. The highest BCUT2D eigenvalue weighted by Crippen LogP contribution is 2.29. The molecule has 8 nitrogen and oxygen atoms in total. The van der Waals surface area contributed by atoms with Crippen LogP contribution in [0.15, 0.2) is 29.3 Å². The van der Waals surface area contributed by atoms with E-state index in [-0.39, 0.29) is 28.3 Å². The summed E-state index contributed by atoms with van der Waals surface area (Å²) in [6, 6.07) is 3.69. The number of non-ortho nitro benzene ring substituents is 1. The van der Waals surface area contributed by atoms with Crippen LogP contribution in [0.1, 0.15) is 13.8 Å². The van der Waals surface area contributed by atoms with Crippen molar-refractivity contribution in [3.05, 3.63) is 39.5 Å². The lowest BCUT2D eigenvalue weighted by Gasteiger charge is -2.10. The largest absolute Gasteiger partial charge is 0.494 e. The summed E-state index contributed by atoms with van der Waals surface area (Å²) >= 11 is 0. The molecule has 8 heteroatoms. The normalized spacial score (nSPS) is 11.4. The van der Waals surface area contributed by atoms with Crippen LogP contribution in [-0.4, -0.2) is 29.0 Å². The lowest BCUT2D eigenvalue weighted by molar-refractivity contribution is -0.384. The molecule has 0 spiro atoms. The van der Waals surface area contributed by atoms with Gasteiger partial charge in [0.05, 0.1) is 23.8 Å². The van der Waals surface area contributed by atoms with Gasteiger partial charge in [-0.15, -0.1) is 0 Å². The number of nitro benzene ring substituents is 1. The fourth-order valence-electron chi connectivity index (χ4n) is 1.44. The highest BCUT2D eigenvalue weighted by Gasteiger charge is 2.16. The molecular weight excluding hydrogens is 280 g/mol. The average molecular weight is 294 g/mol. The minimum atomic E-state index is -1.20. The highest BCUT2D eigenvalue weighted by atomic mass is 16.6. The first kappa shape index (κ1) is 16.2. The second-order valence-electron chi connectivity index (χ2n) is 4.15. The Hall–Kier alpha value is -2.90. The van der Waals surface area contributed by atoms with Crippen LogP contribution in [0.5, 0.6) is 5.75 Å². The molecule has 21 heavy (non-hydrogen) atoms. The van der Waals surface area contributed by atoms with Crippen LogP contribution in [0.2, 0.25) is 0 Å². The second kappa shape index (κ2) is 6.51. The van der Waals surface area contributed by atoms with E-state index in [0.717, 1.165) is 0 Å². The smallest absolute Gasteiger partial charge is 0.331 e. The van der Waals surface area contributed by atoms with Gasteiger partial charge in [-0.2, -0.15) is 0 Å². The van der Waals surface area contributed by atoms with Crippen molar-refractivity contribution in [1.29, 1.82) is 0 Å². The maximum absolute atomic E-state index is 11.9. The third-order valence-electron chi connectivity index (χ3n) is 2.87. The Bertz CT molecular complexity index is 636. The highest BCUT2D eigenvalue weighted by molar-refractivity contribution is 6.08. The number of carbonyl (C=O) groups is 2. The molecule has 2 N–H and O–H groups in total. The van der Waals surface area contributed by atoms with Crippen LogP contribution in [0.25, 0.3) is 0 Å². The first-order valence-electron chi connectivity index (χ1n) is 5.82. The summed E-state index contributed by atoms with van der Waals surface area (Å²) in [4.78, 5) is 32.8. The van der Waals surface area contributed by atoms with Crippen LogP contribution in [0.4, 0.5) is 11.4 Å². The number of anilines is 1. The van der Waals surface area contributed by atoms with E-state index in [9.17, 15) is 19.7 Å². The van der Waals surface area contributed by atoms with E-state index in [2.05, 4.69) is 5.32 Å². The number of benzene rings is 1. The summed E-state index contributed by atoms with van der Waals surface area (Å²) in [5.41, 5.74) is -0.0271. The molecule has 1 amide bonds. The Kier molecular flexibility index (Phi) is 5.01. The Morgan fingerprint density at radius 3 is 2.38 bits per heavy atom. The van der Waals surface area contributed by atoms with Gasteiger partial charge in [0.1, 0.15) is 5.75 Å². The monoisotopic (exact) mass is 294 g/mol. The van der Waals surface area contributed by atoms with Gasteiger partial charge in [0, 0.05) is 17.2 Å². The fraction of sp³-hybridized carbons (Fsp3) is 0.231. The van der Waals surface area contributed by atoms with Crippen molar-refractivity contribution in [1.82, 2.24) is 0 Å². The van der Waals surface area contributed by atoms with Crippen molar-refractivity contribution in [2.24, 2.45) is 0 Å². The molecule has 0 aromatic heterocycles. The number of nitrogens with zero attached hydrogens (tertiary/aromatic N) is 1. The van der Waals surface area contributed by atoms with Gasteiger partial charge < -0.3 is 15.2 Å². The molecule has 0 heterocycles. The molecule has 0 saturated carbocycles. The quantitative estimate of drug-likeness (QED) is 0.486. The van der Waals surface area contributed by atoms with Gasteiger partial charge in [0.25, 0.3) is 11.6 Å². The molecule has 1 rings (SSSR count). The van der Waals surface area contributed by atoms with E-state index in [1.807, 2.05) is 0 Å². The zero-order chi connectivity index (χ0) is 16.2. The molecule has 0 unspecified atom stereocenters. The summed E-state index contributed by atoms with van der Waals surface area (Å²) < 4.78 is 4.97. The van der Waals surface area contributed by atoms with Crippen molar-refractivity contribution < 1.29 is 24.4 Å². The first-order valence-corrected chi connectivity index (χ1v) is 5.82. The van der Waals surface area contributed by atoms with E-state index in [1.165, 1.54) is 39.2 Å².